The number of carbonyl (C=O) groups is 1. The van der Waals surface area contributed by atoms with Crippen molar-refractivity contribution in [2.45, 2.75) is 118 Å². The van der Waals surface area contributed by atoms with E-state index in [4.69, 9.17) is 4.74 Å². The Balaban J connectivity index is 0. The highest BCUT2D eigenvalue weighted by molar-refractivity contribution is 5.86. The minimum atomic E-state index is -0.169. The van der Waals surface area contributed by atoms with Crippen molar-refractivity contribution in [3.8, 4) is 5.75 Å². The second-order valence-electron chi connectivity index (χ2n) is 9.22. The van der Waals surface area contributed by atoms with Crippen LogP contribution in [0.5, 0.6) is 5.75 Å². The molecule has 2 unspecified atom stereocenters. The van der Waals surface area contributed by atoms with Crippen molar-refractivity contribution in [1.82, 2.24) is 10.2 Å². The minimum Gasteiger partial charge on any atom is -0.495 e. The summed E-state index contributed by atoms with van der Waals surface area (Å²) in [5.41, 5.74) is 2.05. The van der Waals surface area contributed by atoms with Gasteiger partial charge in [-0.1, -0.05) is 85.8 Å². The van der Waals surface area contributed by atoms with Crippen molar-refractivity contribution >= 4 is 24.0 Å². The van der Waals surface area contributed by atoms with Crippen molar-refractivity contribution < 1.29 is 9.53 Å². The maximum atomic E-state index is 13.7. The molecule has 1 aromatic carbocycles. The number of halogens is 1. The van der Waals surface area contributed by atoms with Crippen molar-refractivity contribution in [3.63, 3.8) is 0 Å². The largest absolute Gasteiger partial charge is 0.495 e. The van der Waals surface area contributed by atoms with Gasteiger partial charge in [-0.25, -0.2) is 0 Å². The Morgan fingerprint density at radius 3 is 2.19 bits per heavy atom. The van der Waals surface area contributed by atoms with Crippen LogP contribution in [0.2, 0.25) is 0 Å². The Morgan fingerprint density at radius 1 is 0.944 bits per heavy atom. The number of hydrogen-bond donors (Lipinski definition) is 2. The van der Waals surface area contributed by atoms with Gasteiger partial charge in [0, 0.05) is 25.7 Å². The zero-order chi connectivity index (χ0) is 26.5. The third kappa shape index (κ3) is 13.7. The molecule has 0 aromatic heterocycles. The molecule has 1 amide bonds. The zero-order valence-corrected chi connectivity index (χ0v) is 25.6. The number of carbonyl (C=O) groups excluding carboxylic acids is 1. The van der Waals surface area contributed by atoms with Gasteiger partial charge in [-0.15, -0.1) is 12.4 Å². The van der Waals surface area contributed by atoms with Gasteiger partial charge < -0.3 is 20.3 Å². The van der Waals surface area contributed by atoms with Crippen LogP contribution in [0.3, 0.4) is 0 Å². The molecule has 212 valence electrons. The maximum Gasteiger partial charge on any atom is 0.230 e. The lowest BCUT2D eigenvalue weighted by Crippen LogP contribution is -2.44. The quantitative estimate of drug-likeness (QED) is 0.179. The summed E-state index contributed by atoms with van der Waals surface area (Å²) in [4.78, 5) is 15.8. The van der Waals surface area contributed by atoms with Crippen LogP contribution >= 0.6 is 12.4 Å². The number of nitrogens with one attached hydrogen (secondary N) is 2. The SMILES string of the molecule is CC.CCCCCCCCNc1c(OC)cccc1C(CC)C(=O)N(CCC)CC(C)NCCC.Cl. The van der Waals surface area contributed by atoms with Gasteiger partial charge in [-0.05, 0) is 50.8 Å². The van der Waals surface area contributed by atoms with Gasteiger partial charge in [-0.2, -0.15) is 0 Å². The number of amides is 1. The number of rotatable bonds is 19. The van der Waals surface area contributed by atoms with Crippen LogP contribution in [0.15, 0.2) is 18.2 Å². The standard InChI is InChI=1S/C28H51N3O2.C2H6.ClH/c1-7-11-12-13-14-15-20-30-27-25(17-16-18-26(27)33-6)24(10-4)28(32)31(21-9-3)22-23(5)29-19-8-2;1-2;/h16-18,23-24,29-30H,7-15,19-22H2,1-6H3;1-2H3;1H. The molecule has 0 aliphatic rings. The molecule has 0 aliphatic heterocycles. The van der Waals surface area contributed by atoms with E-state index in [0.29, 0.717) is 0 Å². The number of ether oxygens (including phenoxy) is 1. The van der Waals surface area contributed by atoms with Gasteiger partial charge >= 0.3 is 0 Å². The number of methoxy groups -OCH3 is 1. The van der Waals surface area contributed by atoms with Gasteiger partial charge in [0.05, 0.1) is 18.7 Å². The zero-order valence-electron chi connectivity index (χ0n) is 24.8. The normalized spacial score (nSPS) is 12.0. The van der Waals surface area contributed by atoms with Crippen LogP contribution in [-0.4, -0.2) is 50.1 Å². The van der Waals surface area contributed by atoms with Gasteiger partial charge in [-0.3, -0.25) is 4.79 Å². The van der Waals surface area contributed by atoms with E-state index in [1.54, 1.807) is 7.11 Å². The molecule has 0 bridgehead atoms. The second kappa shape index (κ2) is 23.9. The van der Waals surface area contributed by atoms with Crippen LogP contribution in [0.1, 0.15) is 118 Å². The molecule has 1 aromatic rings. The topological polar surface area (TPSA) is 53.6 Å². The van der Waals surface area contributed by atoms with E-state index in [1.807, 2.05) is 26.0 Å². The van der Waals surface area contributed by atoms with Crippen LogP contribution in [0.4, 0.5) is 5.69 Å². The summed E-state index contributed by atoms with van der Waals surface area (Å²) < 4.78 is 5.69. The maximum absolute atomic E-state index is 13.7. The van der Waals surface area contributed by atoms with Crippen LogP contribution in [0, 0.1) is 0 Å². The lowest BCUT2D eigenvalue weighted by atomic mass is 9.92. The number of nitrogens with zero attached hydrogens (tertiary/aromatic N) is 1. The molecule has 0 saturated heterocycles. The molecule has 1 rings (SSSR count). The highest BCUT2D eigenvalue weighted by Gasteiger charge is 2.28. The summed E-state index contributed by atoms with van der Waals surface area (Å²) in [5, 5.41) is 7.15. The monoisotopic (exact) mass is 527 g/mol. The predicted octanol–water partition coefficient (Wildman–Crippen LogP) is 8.04. The Hall–Kier alpha value is -1.46. The summed E-state index contributed by atoms with van der Waals surface area (Å²) >= 11 is 0. The number of anilines is 1. The van der Waals surface area contributed by atoms with Crippen LogP contribution in [-0.2, 0) is 4.79 Å². The molecule has 5 nitrogen and oxygen atoms in total. The van der Waals surface area contributed by atoms with E-state index in [0.717, 1.165) is 68.9 Å². The fourth-order valence-electron chi connectivity index (χ4n) is 4.41. The van der Waals surface area contributed by atoms with E-state index < -0.39 is 0 Å². The Morgan fingerprint density at radius 2 is 1.61 bits per heavy atom. The number of para-hydroxylation sites is 1. The van der Waals surface area contributed by atoms with Gasteiger partial charge in [0.15, 0.2) is 0 Å². The molecule has 2 N–H and O–H groups in total. The van der Waals surface area contributed by atoms with Crippen molar-refractivity contribution in [2.24, 2.45) is 0 Å². The van der Waals surface area contributed by atoms with E-state index in [9.17, 15) is 4.79 Å². The third-order valence-electron chi connectivity index (χ3n) is 6.23. The lowest BCUT2D eigenvalue weighted by Gasteiger charge is -2.31. The second-order valence-corrected chi connectivity index (χ2v) is 9.22. The van der Waals surface area contributed by atoms with Gasteiger partial charge in [0.25, 0.3) is 0 Å². The van der Waals surface area contributed by atoms with Gasteiger partial charge in [0.1, 0.15) is 5.75 Å². The first-order chi connectivity index (χ1) is 17.0. The summed E-state index contributed by atoms with van der Waals surface area (Å²) in [6.45, 7) is 18.3. The summed E-state index contributed by atoms with van der Waals surface area (Å²) in [5.74, 6) is 0.877. The molecular weight excluding hydrogens is 470 g/mol. The summed E-state index contributed by atoms with van der Waals surface area (Å²) in [6.07, 6.45) is 10.4. The van der Waals surface area contributed by atoms with Crippen molar-refractivity contribution in [1.29, 1.82) is 0 Å². The summed E-state index contributed by atoms with van der Waals surface area (Å²) in [7, 11) is 1.71. The Labute approximate surface area is 229 Å². The fourth-order valence-corrected chi connectivity index (χ4v) is 4.41. The molecule has 0 heterocycles. The number of hydrogen-bond acceptors (Lipinski definition) is 4. The first-order valence-electron chi connectivity index (χ1n) is 14.5. The predicted molar refractivity (Wildman–Crippen MR) is 161 cm³/mol. The average Bonchev–Trinajstić information content (AvgIpc) is 2.88. The molecular formula is C30H58ClN3O2. The molecule has 0 fully saturated rings. The van der Waals surface area contributed by atoms with E-state index >= 15 is 0 Å². The average molecular weight is 528 g/mol. The van der Waals surface area contributed by atoms with Crippen molar-refractivity contribution in [3.05, 3.63) is 23.8 Å². The van der Waals surface area contributed by atoms with E-state index in [-0.39, 0.29) is 30.3 Å². The van der Waals surface area contributed by atoms with Gasteiger partial charge in [0.2, 0.25) is 5.91 Å². The number of unbranched alkanes of at least 4 members (excludes halogenated alkanes) is 5. The highest BCUT2D eigenvalue weighted by atomic mass is 35.5. The third-order valence-corrected chi connectivity index (χ3v) is 6.23. The summed E-state index contributed by atoms with van der Waals surface area (Å²) in [6, 6.07) is 6.38. The molecule has 2 atom stereocenters. The minimum absolute atomic E-state index is 0. The smallest absolute Gasteiger partial charge is 0.230 e. The lowest BCUT2D eigenvalue weighted by molar-refractivity contribution is -0.133. The first-order valence-corrected chi connectivity index (χ1v) is 14.5. The van der Waals surface area contributed by atoms with E-state index in [2.05, 4.69) is 56.2 Å². The molecule has 0 radical (unpaired) electrons. The van der Waals surface area contributed by atoms with E-state index in [1.165, 1.54) is 32.1 Å². The molecule has 0 aliphatic carbocycles. The molecule has 0 saturated carbocycles. The molecule has 0 spiro atoms. The Kier molecular flexibility index (Phi) is 24.4. The fraction of sp³-hybridized carbons (Fsp3) is 0.767. The van der Waals surface area contributed by atoms with Crippen molar-refractivity contribution in [2.75, 3.05) is 38.6 Å². The number of benzene rings is 1. The van der Waals surface area contributed by atoms with Crippen LogP contribution in [0.25, 0.3) is 0 Å². The Bertz CT molecular complexity index is 657. The molecule has 6 heteroatoms. The van der Waals surface area contributed by atoms with Crippen LogP contribution < -0.4 is 15.4 Å². The first kappa shape index (κ1) is 36.7. The molecule has 36 heavy (non-hydrogen) atoms. The highest BCUT2D eigenvalue weighted by Crippen LogP contribution is 2.36.